The van der Waals surface area contributed by atoms with E-state index in [-0.39, 0.29) is 0 Å². The van der Waals surface area contributed by atoms with Gasteiger partial charge in [-0.3, -0.25) is 0 Å². The van der Waals surface area contributed by atoms with E-state index < -0.39 is 0 Å². The van der Waals surface area contributed by atoms with Gasteiger partial charge in [0.1, 0.15) is 5.82 Å². The second-order valence-electron chi connectivity index (χ2n) is 4.98. The number of hydrogen-bond acceptors (Lipinski definition) is 3. The molecule has 100 valence electrons. The van der Waals surface area contributed by atoms with Crippen molar-refractivity contribution in [3.05, 3.63) is 23.4 Å². The first-order chi connectivity index (χ1) is 8.78. The van der Waals surface area contributed by atoms with Crippen molar-refractivity contribution in [1.29, 1.82) is 0 Å². The minimum absolute atomic E-state index is 0.738. The molecule has 0 spiro atoms. The zero-order valence-electron chi connectivity index (χ0n) is 11.9. The average molecular weight is 247 g/mol. The van der Waals surface area contributed by atoms with E-state index in [0.717, 1.165) is 32.1 Å². The molecule has 3 nitrogen and oxygen atoms in total. The third-order valence-electron chi connectivity index (χ3n) is 3.49. The van der Waals surface area contributed by atoms with Gasteiger partial charge in [-0.1, -0.05) is 13.8 Å². The zero-order valence-corrected chi connectivity index (χ0v) is 11.9. The minimum atomic E-state index is 0.738. The lowest BCUT2D eigenvalue weighted by molar-refractivity contribution is 0.721. The Morgan fingerprint density at radius 2 is 2.06 bits per heavy atom. The molecule has 1 heterocycles. The molecule has 1 saturated carbocycles. The molecule has 0 aliphatic heterocycles. The molecule has 1 fully saturated rings. The summed E-state index contributed by atoms with van der Waals surface area (Å²) in [6.07, 6.45) is 3.66. The molecular formula is C15H25N3. The molecule has 0 bridgehead atoms. The molecule has 1 aliphatic carbocycles. The number of aryl methyl sites for hydroxylation is 1. The van der Waals surface area contributed by atoms with E-state index in [2.05, 4.69) is 43.1 Å². The Kier molecular flexibility index (Phi) is 4.59. The lowest BCUT2D eigenvalue weighted by Gasteiger charge is -2.23. The molecular weight excluding hydrogens is 222 g/mol. The standard InChI is InChI=1S/C15H25N3/c1-4-13-9-12(11-16-5-2)10-15(17-13)18(6-3)14-7-8-14/h9-10,14,16H,4-8,11H2,1-3H3. The van der Waals surface area contributed by atoms with Gasteiger partial charge >= 0.3 is 0 Å². The highest BCUT2D eigenvalue weighted by molar-refractivity contribution is 5.45. The highest BCUT2D eigenvalue weighted by atomic mass is 15.2. The molecule has 0 unspecified atom stereocenters. The first kappa shape index (κ1) is 13.3. The van der Waals surface area contributed by atoms with Crippen LogP contribution in [0.15, 0.2) is 12.1 Å². The molecule has 18 heavy (non-hydrogen) atoms. The molecule has 3 heteroatoms. The Labute approximate surface area is 111 Å². The maximum atomic E-state index is 4.79. The van der Waals surface area contributed by atoms with Gasteiger partial charge in [-0.05, 0) is 50.4 Å². The van der Waals surface area contributed by atoms with Crippen molar-refractivity contribution in [2.45, 2.75) is 52.6 Å². The first-order valence-corrected chi connectivity index (χ1v) is 7.25. The predicted molar refractivity (Wildman–Crippen MR) is 77.0 cm³/mol. The van der Waals surface area contributed by atoms with Crippen molar-refractivity contribution in [3.63, 3.8) is 0 Å². The molecule has 1 aromatic rings. The van der Waals surface area contributed by atoms with Crippen LogP contribution in [-0.2, 0) is 13.0 Å². The van der Waals surface area contributed by atoms with E-state index in [4.69, 9.17) is 4.98 Å². The van der Waals surface area contributed by atoms with Crippen LogP contribution in [0.1, 0.15) is 44.9 Å². The molecule has 1 aliphatic rings. The van der Waals surface area contributed by atoms with Crippen molar-refractivity contribution in [3.8, 4) is 0 Å². The second-order valence-corrected chi connectivity index (χ2v) is 4.98. The summed E-state index contributed by atoms with van der Waals surface area (Å²) in [7, 11) is 0. The Hall–Kier alpha value is -1.09. The van der Waals surface area contributed by atoms with E-state index >= 15 is 0 Å². The number of nitrogens with zero attached hydrogens (tertiary/aromatic N) is 2. The second kappa shape index (κ2) is 6.19. The molecule has 0 saturated heterocycles. The smallest absolute Gasteiger partial charge is 0.129 e. The minimum Gasteiger partial charge on any atom is -0.354 e. The van der Waals surface area contributed by atoms with Crippen LogP contribution in [-0.4, -0.2) is 24.1 Å². The van der Waals surface area contributed by atoms with Crippen LogP contribution < -0.4 is 10.2 Å². The monoisotopic (exact) mass is 247 g/mol. The third-order valence-corrected chi connectivity index (χ3v) is 3.49. The number of nitrogens with one attached hydrogen (secondary N) is 1. The summed E-state index contributed by atoms with van der Waals surface area (Å²) < 4.78 is 0. The van der Waals surface area contributed by atoms with Gasteiger partial charge in [-0.25, -0.2) is 4.98 Å². The van der Waals surface area contributed by atoms with Gasteiger partial charge in [0.15, 0.2) is 0 Å². The van der Waals surface area contributed by atoms with Crippen LogP contribution in [0.3, 0.4) is 0 Å². The Morgan fingerprint density at radius 3 is 2.61 bits per heavy atom. The summed E-state index contributed by atoms with van der Waals surface area (Å²) in [4.78, 5) is 7.24. The Balaban J connectivity index is 2.21. The summed E-state index contributed by atoms with van der Waals surface area (Å²) >= 11 is 0. The number of anilines is 1. The van der Waals surface area contributed by atoms with Crippen molar-refractivity contribution in [2.75, 3.05) is 18.0 Å². The van der Waals surface area contributed by atoms with Gasteiger partial charge in [0.2, 0.25) is 0 Å². The van der Waals surface area contributed by atoms with E-state index in [0.29, 0.717) is 0 Å². The maximum absolute atomic E-state index is 4.79. The van der Waals surface area contributed by atoms with Crippen molar-refractivity contribution in [1.82, 2.24) is 10.3 Å². The van der Waals surface area contributed by atoms with Crippen molar-refractivity contribution < 1.29 is 0 Å². The van der Waals surface area contributed by atoms with Crippen LogP contribution in [0.25, 0.3) is 0 Å². The van der Waals surface area contributed by atoms with Gasteiger partial charge < -0.3 is 10.2 Å². The van der Waals surface area contributed by atoms with E-state index in [1.807, 2.05) is 0 Å². The fraction of sp³-hybridized carbons (Fsp3) is 0.667. The maximum Gasteiger partial charge on any atom is 0.129 e. The SMILES string of the molecule is CCNCc1cc(CC)nc(N(CC)C2CC2)c1. The molecule has 2 rings (SSSR count). The Bertz CT molecular complexity index is 385. The normalized spacial score (nSPS) is 14.8. The summed E-state index contributed by atoms with van der Waals surface area (Å²) in [6, 6.07) is 5.22. The third kappa shape index (κ3) is 3.22. The number of aromatic nitrogens is 1. The molecule has 0 atom stereocenters. The highest BCUT2D eigenvalue weighted by Crippen LogP contribution is 2.31. The van der Waals surface area contributed by atoms with E-state index in [1.165, 1.54) is 29.9 Å². The lowest BCUT2D eigenvalue weighted by Crippen LogP contribution is -2.26. The fourth-order valence-corrected chi connectivity index (χ4v) is 2.33. The quantitative estimate of drug-likeness (QED) is 0.803. The Morgan fingerprint density at radius 1 is 1.28 bits per heavy atom. The van der Waals surface area contributed by atoms with E-state index in [9.17, 15) is 0 Å². The molecule has 0 amide bonds. The molecule has 0 aromatic carbocycles. The van der Waals surface area contributed by atoms with Crippen molar-refractivity contribution >= 4 is 5.82 Å². The number of hydrogen-bond donors (Lipinski definition) is 1. The van der Waals surface area contributed by atoms with Crippen LogP contribution in [0.2, 0.25) is 0 Å². The van der Waals surface area contributed by atoms with Gasteiger partial charge in [0.05, 0.1) is 0 Å². The average Bonchev–Trinajstić information content (AvgIpc) is 3.21. The molecule has 0 radical (unpaired) electrons. The summed E-state index contributed by atoms with van der Waals surface area (Å²) in [5, 5.41) is 3.40. The van der Waals surface area contributed by atoms with Crippen molar-refractivity contribution in [2.24, 2.45) is 0 Å². The zero-order chi connectivity index (χ0) is 13.0. The van der Waals surface area contributed by atoms with Gasteiger partial charge in [-0.2, -0.15) is 0 Å². The fourth-order valence-electron chi connectivity index (χ4n) is 2.33. The largest absolute Gasteiger partial charge is 0.354 e. The highest BCUT2D eigenvalue weighted by Gasteiger charge is 2.29. The summed E-state index contributed by atoms with van der Waals surface area (Å²) in [5.74, 6) is 1.17. The topological polar surface area (TPSA) is 28.2 Å². The van der Waals surface area contributed by atoms with Gasteiger partial charge in [-0.15, -0.1) is 0 Å². The first-order valence-electron chi connectivity index (χ1n) is 7.25. The molecule has 1 N–H and O–H groups in total. The number of rotatable bonds is 7. The summed E-state index contributed by atoms with van der Waals surface area (Å²) in [6.45, 7) is 9.57. The van der Waals surface area contributed by atoms with Gasteiger partial charge in [0, 0.05) is 24.8 Å². The molecule has 1 aromatic heterocycles. The predicted octanol–water partition coefficient (Wildman–Crippen LogP) is 2.74. The van der Waals surface area contributed by atoms with E-state index in [1.54, 1.807) is 0 Å². The van der Waals surface area contributed by atoms with Crippen LogP contribution in [0, 0.1) is 0 Å². The number of pyridine rings is 1. The van der Waals surface area contributed by atoms with Crippen LogP contribution >= 0.6 is 0 Å². The summed E-state index contributed by atoms with van der Waals surface area (Å²) in [5.41, 5.74) is 2.57. The van der Waals surface area contributed by atoms with Gasteiger partial charge in [0.25, 0.3) is 0 Å². The van der Waals surface area contributed by atoms with Crippen LogP contribution in [0.4, 0.5) is 5.82 Å². The lowest BCUT2D eigenvalue weighted by atomic mass is 10.2. The van der Waals surface area contributed by atoms with Crippen LogP contribution in [0.5, 0.6) is 0 Å².